The minimum atomic E-state index is 0.746. The molecule has 0 aromatic carbocycles. The van der Waals surface area contributed by atoms with Gasteiger partial charge in [-0.2, -0.15) is 0 Å². The van der Waals surface area contributed by atoms with Crippen LogP contribution in [0.3, 0.4) is 0 Å². The van der Waals surface area contributed by atoms with Gasteiger partial charge in [0, 0.05) is 0 Å². The minimum Gasteiger partial charge on any atom is -0.298 e. The molecule has 0 aromatic rings. The first-order chi connectivity index (χ1) is 7.88. The number of rotatable bonds is 2. The van der Waals surface area contributed by atoms with Crippen LogP contribution >= 0.6 is 0 Å². The first-order valence-corrected chi connectivity index (χ1v) is 6.51. The molecule has 0 spiro atoms. The van der Waals surface area contributed by atoms with E-state index in [1.54, 1.807) is 0 Å². The lowest BCUT2D eigenvalue weighted by molar-refractivity contribution is -0.107. The zero-order chi connectivity index (χ0) is 11.6. The molecule has 0 aliphatic heterocycles. The van der Waals surface area contributed by atoms with Gasteiger partial charge < -0.3 is 0 Å². The van der Waals surface area contributed by atoms with Crippen LogP contribution in [0.5, 0.6) is 0 Å². The van der Waals surface area contributed by atoms with Crippen LogP contribution in [0.2, 0.25) is 0 Å². The Morgan fingerprint density at radius 2 is 0.875 bits per heavy atom. The molecule has 0 saturated carbocycles. The van der Waals surface area contributed by atoms with E-state index in [-0.39, 0.29) is 0 Å². The smallest absolute Gasteiger partial charge is 0.146 e. The van der Waals surface area contributed by atoms with Crippen LogP contribution in [0.1, 0.15) is 64.2 Å². The summed E-state index contributed by atoms with van der Waals surface area (Å²) in [4.78, 5) is 21.9. The van der Waals surface area contributed by atoms with Gasteiger partial charge in [-0.1, -0.05) is 38.5 Å². The van der Waals surface area contributed by atoms with Crippen LogP contribution in [-0.4, -0.2) is 12.6 Å². The summed E-state index contributed by atoms with van der Waals surface area (Å²) >= 11 is 0. The molecule has 0 N–H and O–H groups in total. The quantitative estimate of drug-likeness (QED) is 0.669. The van der Waals surface area contributed by atoms with E-state index >= 15 is 0 Å². The van der Waals surface area contributed by atoms with Crippen molar-refractivity contribution in [3.63, 3.8) is 0 Å². The predicted molar refractivity (Wildman–Crippen MR) is 65.3 cm³/mol. The maximum Gasteiger partial charge on any atom is 0.146 e. The average molecular weight is 222 g/mol. The standard InChI is InChI=1S/C14H22O2/c15-11-13-9-7-5-3-1-2-4-6-8-10-14(13)12-16/h11-12H,1-10H2. The molecule has 0 atom stereocenters. The molecule has 1 rings (SSSR count). The molecule has 0 bridgehead atoms. The summed E-state index contributed by atoms with van der Waals surface area (Å²) in [5, 5.41) is 0. The normalized spacial score (nSPS) is 20.8. The van der Waals surface area contributed by atoms with E-state index in [2.05, 4.69) is 0 Å². The molecule has 1 aliphatic carbocycles. The van der Waals surface area contributed by atoms with E-state index in [1.807, 2.05) is 0 Å². The summed E-state index contributed by atoms with van der Waals surface area (Å²) in [5.74, 6) is 0. The maximum atomic E-state index is 10.9. The van der Waals surface area contributed by atoms with Gasteiger partial charge in [0.25, 0.3) is 0 Å². The van der Waals surface area contributed by atoms with Crippen LogP contribution in [0.15, 0.2) is 11.1 Å². The molecule has 1 aliphatic rings. The second kappa shape index (κ2) is 8.26. The van der Waals surface area contributed by atoms with Gasteiger partial charge in [0.2, 0.25) is 0 Å². The molecule has 0 unspecified atom stereocenters. The van der Waals surface area contributed by atoms with Crippen LogP contribution in [0.25, 0.3) is 0 Å². The monoisotopic (exact) mass is 222 g/mol. The SMILES string of the molecule is O=CC1=C(C=O)CCCCCCCCCC1. The highest BCUT2D eigenvalue weighted by molar-refractivity contribution is 5.86. The topological polar surface area (TPSA) is 34.1 Å². The second-order valence-electron chi connectivity index (χ2n) is 4.61. The third-order valence-electron chi connectivity index (χ3n) is 3.34. The molecule has 0 amide bonds. The van der Waals surface area contributed by atoms with E-state index in [1.165, 1.54) is 38.5 Å². The number of carbonyl (C=O) groups excluding carboxylic acids is 2. The van der Waals surface area contributed by atoms with Crippen molar-refractivity contribution in [2.75, 3.05) is 0 Å². The lowest BCUT2D eigenvalue weighted by atomic mass is 9.96. The summed E-state index contributed by atoms with van der Waals surface area (Å²) in [7, 11) is 0. The van der Waals surface area contributed by atoms with Crippen LogP contribution in [0.4, 0.5) is 0 Å². The van der Waals surface area contributed by atoms with Crippen molar-refractivity contribution in [1.82, 2.24) is 0 Å². The summed E-state index contributed by atoms with van der Waals surface area (Å²) in [6.07, 6.45) is 13.0. The number of hydrogen-bond acceptors (Lipinski definition) is 2. The molecule has 2 nitrogen and oxygen atoms in total. The largest absolute Gasteiger partial charge is 0.298 e. The fraction of sp³-hybridized carbons (Fsp3) is 0.714. The van der Waals surface area contributed by atoms with Gasteiger partial charge in [-0.25, -0.2) is 0 Å². The first-order valence-electron chi connectivity index (χ1n) is 6.51. The molecule has 0 heterocycles. The zero-order valence-corrected chi connectivity index (χ0v) is 10.0. The highest BCUT2D eigenvalue weighted by Gasteiger charge is 2.06. The van der Waals surface area contributed by atoms with E-state index in [0.29, 0.717) is 0 Å². The maximum absolute atomic E-state index is 10.9. The number of allylic oxidation sites excluding steroid dienone is 2. The highest BCUT2D eigenvalue weighted by atomic mass is 16.1. The van der Waals surface area contributed by atoms with Crippen molar-refractivity contribution in [2.45, 2.75) is 64.2 Å². The molecule has 16 heavy (non-hydrogen) atoms. The van der Waals surface area contributed by atoms with Gasteiger partial charge in [0.05, 0.1) is 0 Å². The lowest BCUT2D eigenvalue weighted by Gasteiger charge is -2.08. The van der Waals surface area contributed by atoms with E-state index in [9.17, 15) is 9.59 Å². The zero-order valence-electron chi connectivity index (χ0n) is 10.0. The molecular weight excluding hydrogens is 200 g/mol. The van der Waals surface area contributed by atoms with Crippen LogP contribution in [0, 0.1) is 0 Å². The Morgan fingerprint density at radius 1 is 0.562 bits per heavy atom. The highest BCUT2D eigenvalue weighted by Crippen LogP contribution is 2.19. The Kier molecular flexibility index (Phi) is 6.78. The number of aldehydes is 2. The Labute approximate surface area is 98.1 Å². The van der Waals surface area contributed by atoms with E-state index in [0.717, 1.165) is 49.4 Å². The Bertz CT molecular complexity index is 227. The van der Waals surface area contributed by atoms with Crippen molar-refractivity contribution >= 4 is 12.6 Å². The van der Waals surface area contributed by atoms with Gasteiger partial charge in [-0.05, 0) is 36.8 Å². The summed E-state index contributed by atoms with van der Waals surface area (Å²) in [6.45, 7) is 0. The summed E-state index contributed by atoms with van der Waals surface area (Å²) < 4.78 is 0. The minimum absolute atomic E-state index is 0.746. The predicted octanol–water partition coefficient (Wildman–Crippen LogP) is 3.60. The molecule has 0 saturated heterocycles. The molecule has 2 heteroatoms. The number of carbonyl (C=O) groups is 2. The Morgan fingerprint density at radius 3 is 1.19 bits per heavy atom. The van der Waals surface area contributed by atoms with E-state index < -0.39 is 0 Å². The van der Waals surface area contributed by atoms with Gasteiger partial charge >= 0.3 is 0 Å². The van der Waals surface area contributed by atoms with Crippen molar-refractivity contribution in [1.29, 1.82) is 0 Å². The first kappa shape index (κ1) is 13.1. The van der Waals surface area contributed by atoms with Gasteiger partial charge in [0.1, 0.15) is 12.6 Å². The van der Waals surface area contributed by atoms with E-state index in [4.69, 9.17) is 0 Å². The third kappa shape index (κ3) is 4.73. The van der Waals surface area contributed by atoms with Gasteiger partial charge in [0.15, 0.2) is 0 Å². The molecule has 90 valence electrons. The summed E-state index contributed by atoms with van der Waals surface area (Å²) in [5.41, 5.74) is 1.49. The van der Waals surface area contributed by atoms with Crippen LogP contribution in [-0.2, 0) is 9.59 Å². The molecule has 0 radical (unpaired) electrons. The van der Waals surface area contributed by atoms with Crippen molar-refractivity contribution < 1.29 is 9.59 Å². The van der Waals surface area contributed by atoms with Gasteiger partial charge in [-0.3, -0.25) is 9.59 Å². The molecule has 0 aromatic heterocycles. The number of hydrogen-bond donors (Lipinski definition) is 0. The fourth-order valence-corrected chi connectivity index (χ4v) is 2.28. The van der Waals surface area contributed by atoms with Crippen molar-refractivity contribution in [3.8, 4) is 0 Å². The third-order valence-corrected chi connectivity index (χ3v) is 3.34. The van der Waals surface area contributed by atoms with Crippen molar-refractivity contribution in [2.24, 2.45) is 0 Å². The Balaban J connectivity index is 2.61. The second-order valence-corrected chi connectivity index (χ2v) is 4.61. The lowest BCUT2D eigenvalue weighted by Crippen LogP contribution is -1.98. The fourth-order valence-electron chi connectivity index (χ4n) is 2.28. The molecular formula is C14H22O2. The van der Waals surface area contributed by atoms with Gasteiger partial charge in [-0.15, -0.1) is 0 Å². The van der Waals surface area contributed by atoms with Crippen LogP contribution < -0.4 is 0 Å². The molecule has 0 fully saturated rings. The van der Waals surface area contributed by atoms with Crippen molar-refractivity contribution in [3.05, 3.63) is 11.1 Å². The Hall–Kier alpha value is -0.920. The summed E-state index contributed by atoms with van der Waals surface area (Å²) in [6, 6.07) is 0. The average Bonchev–Trinajstić information content (AvgIpc) is 2.30.